The fourth-order valence-corrected chi connectivity index (χ4v) is 5.94. The fraction of sp³-hybridized carbons (Fsp3) is 0.619. The summed E-state index contributed by atoms with van der Waals surface area (Å²) >= 11 is 0. The maximum atomic E-state index is 5.95. The zero-order chi connectivity index (χ0) is 15.9. The van der Waals surface area contributed by atoms with Crippen molar-refractivity contribution in [3.8, 4) is 5.75 Å². The van der Waals surface area contributed by atoms with E-state index in [-0.39, 0.29) is 0 Å². The third-order valence-corrected chi connectivity index (χ3v) is 6.34. The molecule has 1 aromatic carbocycles. The van der Waals surface area contributed by atoms with Crippen molar-refractivity contribution in [2.45, 2.75) is 50.4 Å². The molecule has 1 radical (unpaired) electrons. The van der Waals surface area contributed by atoms with Gasteiger partial charge in [0, 0.05) is 12.7 Å². The van der Waals surface area contributed by atoms with Crippen molar-refractivity contribution in [3.05, 3.63) is 42.0 Å². The first kappa shape index (κ1) is 15.3. The van der Waals surface area contributed by atoms with Gasteiger partial charge < -0.3 is 9.47 Å². The summed E-state index contributed by atoms with van der Waals surface area (Å²) in [6, 6.07) is 6.63. The molecule has 4 fully saturated rings. The van der Waals surface area contributed by atoms with Gasteiger partial charge in [-0.25, -0.2) is 0 Å². The van der Waals surface area contributed by atoms with Gasteiger partial charge in [0.05, 0.1) is 0 Å². The van der Waals surface area contributed by atoms with Gasteiger partial charge in [0.15, 0.2) is 6.79 Å². The molecule has 2 nitrogen and oxygen atoms in total. The Hall–Kier alpha value is -1.28. The Labute approximate surface area is 139 Å². The third-order valence-electron chi connectivity index (χ3n) is 6.34. The normalized spacial score (nSPS) is 34.6. The minimum Gasteiger partial charge on any atom is -0.467 e. The molecule has 0 aromatic heterocycles. The first-order valence-electron chi connectivity index (χ1n) is 9.01. The van der Waals surface area contributed by atoms with Gasteiger partial charge in [-0.1, -0.05) is 24.8 Å². The Bertz CT molecular complexity index is 554. The Balaban J connectivity index is 1.73. The maximum absolute atomic E-state index is 5.95. The first-order valence-corrected chi connectivity index (χ1v) is 9.01. The number of hydrogen-bond donors (Lipinski definition) is 0. The maximum Gasteiger partial charge on any atom is 0.188 e. The minimum absolute atomic E-state index is 0.321. The molecular formula is C21H27O2. The van der Waals surface area contributed by atoms with Crippen molar-refractivity contribution >= 4 is 0 Å². The lowest BCUT2D eigenvalue weighted by Crippen LogP contribution is -2.48. The lowest BCUT2D eigenvalue weighted by molar-refractivity contribution is -0.00886. The number of allylic oxidation sites excluding steroid dienone is 1. The topological polar surface area (TPSA) is 18.5 Å². The Morgan fingerprint density at radius 3 is 2.35 bits per heavy atom. The summed E-state index contributed by atoms with van der Waals surface area (Å²) in [5.74, 6) is 3.82. The van der Waals surface area contributed by atoms with Gasteiger partial charge in [-0.2, -0.15) is 0 Å². The summed E-state index contributed by atoms with van der Waals surface area (Å²) in [5.41, 5.74) is 3.05. The highest BCUT2D eigenvalue weighted by molar-refractivity contribution is 5.44. The second kappa shape index (κ2) is 5.98. The van der Waals surface area contributed by atoms with E-state index in [1.54, 1.807) is 13.2 Å². The zero-order valence-electron chi connectivity index (χ0n) is 14.1. The number of hydrogen-bond acceptors (Lipinski definition) is 2. The van der Waals surface area contributed by atoms with Crippen molar-refractivity contribution in [1.82, 2.24) is 0 Å². The van der Waals surface area contributed by atoms with Crippen molar-refractivity contribution in [2.24, 2.45) is 17.8 Å². The molecule has 0 amide bonds. The molecule has 4 aliphatic rings. The van der Waals surface area contributed by atoms with Crippen LogP contribution in [0.5, 0.6) is 5.75 Å². The molecule has 0 N–H and O–H groups in total. The van der Waals surface area contributed by atoms with Gasteiger partial charge in [-0.3, -0.25) is 0 Å². The molecule has 1 aromatic rings. The van der Waals surface area contributed by atoms with Crippen molar-refractivity contribution in [3.63, 3.8) is 0 Å². The highest BCUT2D eigenvalue weighted by Gasteiger charge is 2.52. The van der Waals surface area contributed by atoms with Crippen LogP contribution in [-0.2, 0) is 16.6 Å². The lowest BCUT2D eigenvalue weighted by atomic mass is 9.48. The smallest absolute Gasteiger partial charge is 0.188 e. The zero-order valence-corrected chi connectivity index (χ0v) is 14.1. The van der Waals surface area contributed by atoms with Crippen molar-refractivity contribution in [1.29, 1.82) is 0 Å². The predicted octanol–water partition coefficient (Wildman–Crippen LogP) is 4.67. The van der Waals surface area contributed by atoms with Crippen LogP contribution in [0.3, 0.4) is 0 Å². The van der Waals surface area contributed by atoms with Gasteiger partial charge in [-0.15, -0.1) is 0 Å². The Morgan fingerprint density at radius 1 is 1.13 bits per heavy atom. The predicted molar refractivity (Wildman–Crippen MR) is 91.4 cm³/mol. The van der Waals surface area contributed by atoms with Gasteiger partial charge in [0.1, 0.15) is 5.75 Å². The van der Waals surface area contributed by atoms with Crippen LogP contribution in [-0.4, -0.2) is 13.9 Å². The molecule has 0 unspecified atom stereocenters. The molecule has 123 valence electrons. The molecule has 5 rings (SSSR count). The number of ether oxygens (including phenoxy) is 2. The van der Waals surface area contributed by atoms with E-state index in [4.69, 9.17) is 16.1 Å². The summed E-state index contributed by atoms with van der Waals surface area (Å²) in [7, 11) is 1.68. The third kappa shape index (κ3) is 2.71. The van der Waals surface area contributed by atoms with Crippen LogP contribution in [0.2, 0.25) is 0 Å². The molecule has 4 saturated carbocycles. The molecule has 4 aliphatic carbocycles. The van der Waals surface area contributed by atoms with E-state index in [2.05, 4.69) is 18.2 Å². The monoisotopic (exact) mass is 311 g/mol. The Morgan fingerprint density at radius 2 is 1.78 bits per heavy atom. The van der Waals surface area contributed by atoms with Gasteiger partial charge in [0.2, 0.25) is 0 Å². The fourth-order valence-electron chi connectivity index (χ4n) is 5.94. The highest BCUT2D eigenvalue weighted by atomic mass is 16.7. The van der Waals surface area contributed by atoms with E-state index in [1.807, 2.05) is 0 Å². The molecule has 0 aliphatic heterocycles. The summed E-state index contributed by atoms with van der Waals surface area (Å²) in [5, 5.41) is 0. The number of methoxy groups -OCH3 is 1. The van der Waals surface area contributed by atoms with E-state index in [0.717, 1.165) is 29.9 Å². The standard InChI is InChI=1S/C21H27O2/c1-3-4-15-5-6-20(23-14-22-2)19(10-15)21-11-16-7-17(12-21)9-18(8-16)13-21/h1,3,5-6,10,16-18H,4,7-9,11-14H2,2H3. The minimum atomic E-state index is 0.321. The largest absolute Gasteiger partial charge is 0.467 e. The average Bonchev–Trinajstić information content (AvgIpc) is 2.52. The van der Waals surface area contributed by atoms with Gasteiger partial charge >= 0.3 is 0 Å². The van der Waals surface area contributed by atoms with Crippen LogP contribution in [0.1, 0.15) is 49.7 Å². The second-order valence-electron chi connectivity index (χ2n) is 8.02. The highest BCUT2D eigenvalue weighted by Crippen LogP contribution is 2.61. The van der Waals surface area contributed by atoms with Crippen LogP contribution in [0.15, 0.2) is 24.3 Å². The molecule has 4 bridgehead atoms. The second-order valence-corrected chi connectivity index (χ2v) is 8.02. The van der Waals surface area contributed by atoms with Crippen LogP contribution < -0.4 is 4.74 Å². The van der Waals surface area contributed by atoms with Crippen molar-refractivity contribution < 1.29 is 9.47 Å². The first-order chi connectivity index (χ1) is 11.2. The van der Waals surface area contributed by atoms with E-state index < -0.39 is 0 Å². The van der Waals surface area contributed by atoms with Crippen LogP contribution in [0, 0.1) is 24.3 Å². The number of rotatable bonds is 6. The summed E-state index contributed by atoms with van der Waals surface area (Å²) < 4.78 is 11.1. The molecule has 0 saturated heterocycles. The Kier molecular flexibility index (Phi) is 3.96. The SMILES string of the molecule is [CH]=CCc1ccc(OCOC)c(C23CC4CC(CC(C4)C2)C3)c1. The van der Waals surface area contributed by atoms with Gasteiger partial charge in [0.25, 0.3) is 0 Å². The van der Waals surface area contributed by atoms with Crippen molar-refractivity contribution in [2.75, 3.05) is 13.9 Å². The van der Waals surface area contributed by atoms with Crippen LogP contribution >= 0.6 is 0 Å². The van der Waals surface area contributed by atoms with E-state index in [1.165, 1.54) is 49.7 Å². The quantitative estimate of drug-likeness (QED) is 0.711. The summed E-state index contributed by atoms with van der Waals surface area (Å²) in [4.78, 5) is 0. The summed E-state index contributed by atoms with van der Waals surface area (Å²) in [6.07, 6.45) is 11.0. The average molecular weight is 311 g/mol. The van der Waals surface area contributed by atoms with E-state index >= 15 is 0 Å². The van der Waals surface area contributed by atoms with E-state index in [0.29, 0.717) is 12.2 Å². The van der Waals surface area contributed by atoms with Crippen LogP contribution in [0.25, 0.3) is 0 Å². The molecule has 0 spiro atoms. The molecular weight excluding hydrogens is 284 g/mol. The molecule has 23 heavy (non-hydrogen) atoms. The number of benzene rings is 1. The molecule has 0 heterocycles. The van der Waals surface area contributed by atoms with Gasteiger partial charge in [-0.05, 0) is 79.7 Å². The molecule has 2 heteroatoms. The summed E-state index contributed by atoms with van der Waals surface area (Å²) in [6.45, 7) is 5.98. The van der Waals surface area contributed by atoms with E-state index in [9.17, 15) is 0 Å². The lowest BCUT2D eigenvalue weighted by Gasteiger charge is -2.57. The van der Waals surface area contributed by atoms with Crippen LogP contribution in [0.4, 0.5) is 0 Å². The molecule has 0 atom stereocenters.